The molecule has 1 atom stereocenters. The van der Waals surface area contributed by atoms with Crippen molar-refractivity contribution in [2.45, 2.75) is 37.9 Å². The molecule has 1 heterocycles. The van der Waals surface area contributed by atoms with Gasteiger partial charge in [-0.25, -0.2) is 0 Å². The van der Waals surface area contributed by atoms with Crippen LogP contribution in [0.15, 0.2) is 0 Å². The molecule has 0 saturated carbocycles. The van der Waals surface area contributed by atoms with Crippen molar-refractivity contribution in [3.63, 3.8) is 0 Å². The first-order chi connectivity index (χ1) is 7.70. The average molecular weight is 335 g/mol. The van der Waals surface area contributed by atoms with E-state index in [2.05, 4.69) is 22.4 Å². The Balaban J connectivity index is 2.28. The molecule has 0 aromatic heterocycles. The molecule has 0 aliphatic carbocycles. The van der Waals surface area contributed by atoms with Gasteiger partial charge in [-0.3, -0.25) is 14.5 Å². The molecule has 0 aromatic rings. The fourth-order valence-corrected chi connectivity index (χ4v) is 2.47. The third-order valence-electron chi connectivity index (χ3n) is 2.73. The monoisotopic (exact) mass is 335 g/mol. The van der Waals surface area contributed by atoms with E-state index >= 15 is 0 Å². The molecule has 0 radical (unpaired) electrons. The Kier molecular flexibility index (Phi) is 6.01. The summed E-state index contributed by atoms with van der Waals surface area (Å²) in [5.74, 6) is -0.167. The largest absolute Gasteiger partial charge is 0.303 e. The Morgan fingerprint density at radius 2 is 2.12 bits per heavy atom. The first-order valence-electron chi connectivity index (χ1n) is 5.54. The van der Waals surface area contributed by atoms with E-state index in [0.717, 1.165) is 25.5 Å². The number of carbonyl (C=O) groups excluding carboxylic acids is 3. The zero-order valence-electron chi connectivity index (χ0n) is 9.15. The lowest BCUT2D eigenvalue weighted by molar-refractivity contribution is -0.138. The minimum Gasteiger partial charge on any atom is -0.303 e. The molecular formula is C10H15BINO3. The molecule has 0 spiro atoms. The Morgan fingerprint density at radius 3 is 2.69 bits per heavy atom. The zero-order valence-corrected chi connectivity index (χ0v) is 11.3. The highest BCUT2D eigenvalue weighted by molar-refractivity contribution is 14.1. The molecule has 88 valence electrons. The minimum atomic E-state index is -0.108. The van der Waals surface area contributed by atoms with Crippen LogP contribution in [-0.2, 0) is 14.4 Å². The lowest BCUT2D eigenvalue weighted by Gasteiger charge is -2.13. The molecule has 0 bridgehead atoms. The maximum atomic E-state index is 11.7. The number of rotatable bonds is 7. The van der Waals surface area contributed by atoms with Gasteiger partial charge in [-0.05, 0) is 12.8 Å². The van der Waals surface area contributed by atoms with Gasteiger partial charge in [0.25, 0.3) is 0 Å². The van der Waals surface area contributed by atoms with Gasteiger partial charge in [0, 0.05) is 25.2 Å². The van der Waals surface area contributed by atoms with E-state index in [9.17, 15) is 14.4 Å². The predicted octanol–water partition coefficient (Wildman–Crippen LogP) is 1.08. The quantitative estimate of drug-likeness (QED) is 0.230. The van der Waals surface area contributed by atoms with Gasteiger partial charge < -0.3 is 4.79 Å². The summed E-state index contributed by atoms with van der Waals surface area (Å²) >= 11 is 2.14. The lowest BCUT2D eigenvalue weighted by Crippen LogP contribution is -2.31. The van der Waals surface area contributed by atoms with E-state index in [-0.39, 0.29) is 17.6 Å². The lowest BCUT2D eigenvalue weighted by atomic mass is 9.86. The molecule has 2 amide bonds. The van der Waals surface area contributed by atoms with E-state index in [1.165, 1.54) is 4.90 Å². The average Bonchev–Trinajstić information content (AvgIpc) is 2.55. The molecule has 6 heteroatoms. The highest BCUT2D eigenvalue weighted by Gasteiger charge is 2.37. The molecule has 1 unspecified atom stereocenters. The summed E-state index contributed by atoms with van der Waals surface area (Å²) < 4.78 is 0. The van der Waals surface area contributed by atoms with Crippen molar-refractivity contribution >= 4 is 45.6 Å². The molecule has 0 aromatic carbocycles. The van der Waals surface area contributed by atoms with E-state index in [4.69, 9.17) is 0 Å². The first-order valence-corrected chi connectivity index (χ1v) is 7.07. The Bertz CT molecular complexity index is 285. The van der Waals surface area contributed by atoms with Crippen molar-refractivity contribution < 1.29 is 14.4 Å². The number of likely N-dealkylation sites (tertiary alicyclic amines) is 1. The summed E-state index contributed by atoms with van der Waals surface area (Å²) in [7, 11) is 0. The van der Waals surface area contributed by atoms with Crippen LogP contribution in [0.4, 0.5) is 0 Å². The zero-order chi connectivity index (χ0) is 12.0. The van der Waals surface area contributed by atoms with Crippen LogP contribution in [-0.4, -0.2) is 34.7 Å². The van der Waals surface area contributed by atoms with Crippen LogP contribution in [0.3, 0.4) is 0 Å². The number of aldehydes is 1. The van der Waals surface area contributed by atoms with E-state index in [0.29, 0.717) is 24.5 Å². The number of nitrogens with zero attached hydrogens (tertiary/aromatic N) is 1. The van der Waals surface area contributed by atoms with Crippen molar-refractivity contribution in [2.75, 3.05) is 6.54 Å². The van der Waals surface area contributed by atoms with Gasteiger partial charge in [0.2, 0.25) is 17.0 Å². The van der Waals surface area contributed by atoms with Gasteiger partial charge in [-0.1, -0.05) is 6.42 Å². The topological polar surface area (TPSA) is 54.5 Å². The molecule has 0 N–H and O–H groups in total. The minimum absolute atomic E-state index is 0.0187. The van der Waals surface area contributed by atoms with Crippen LogP contribution in [0.2, 0.25) is 5.82 Å². The molecule has 16 heavy (non-hydrogen) atoms. The third-order valence-corrected chi connectivity index (χ3v) is 3.79. The predicted molar refractivity (Wildman–Crippen MR) is 70.8 cm³/mol. The van der Waals surface area contributed by atoms with E-state index in [1.807, 2.05) is 0 Å². The van der Waals surface area contributed by atoms with Crippen molar-refractivity contribution in [1.82, 2.24) is 4.90 Å². The summed E-state index contributed by atoms with van der Waals surface area (Å²) in [6.45, 7) is 0.518. The van der Waals surface area contributed by atoms with Gasteiger partial charge in [0.05, 0.1) is 0 Å². The number of hydrogen-bond acceptors (Lipinski definition) is 3. The first kappa shape index (κ1) is 13.7. The van der Waals surface area contributed by atoms with Crippen molar-refractivity contribution in [2.24, 2.45) is 0 Å². The summed E-state index contributed by atoms with van der Waals surface area (Å²) in [4.78, 5) is 34.7. The van der Waals surface area contributed by atoms with Crippen LogP contribution in [0.1, 0.15) is 32.1 Å². The normalized spacial score (nSPS) is 20.3. The van der Waals surface area contributed by atoms with Crippen molar-refractivity contribution in [3.8, 4) is 0 Å². The number of hydrogen-bond donors (Lipinski definition) is 0. The second-order valence-electron chi connectivity index (χ2n) is 3.95. The summed E-state index contributed by atoms with van der Waals surface area (Å²) in [6.07, 6.45) is 4.38. The smallest absolute Gasteiger partial charge is 0.229 e. The van der Waals surface area contributed by atoms with Gasteiger partial charge in [0.1, 0.15) is 6.29 Å². The molecule has 1 aliphatic rings. The van der Waals surface area contributed by atoms with E-state index in [1.54, 1.807) is 0 Å². The van der Waals surface area contributed by atoms with Crippen LogP contribution >= 0.6 is 22.4 Å². The van der Waals surface area contributed by atoms with Gasteiger partial charge >= 0.3 is 0 Å². The van der Waals surface area contributed by atoms with Crippen LogP contribution in [0.5, 0.6) is 0 Å². The standard InChI is InChI=1S/C10H15BINO3/c12-11-8-7-9(15)13(10(8)16)5-3-1-2-4-6-14/h6,8,11H,1-5,7H2. The van der Waals surface area contributed by atoms with Gasteiger partial charge in [0.15, 0.2) is 0 Å². The number of halogens is 1. The Labute approximate surface area is 109 Å². The maximum Gasteiger partial charge on any atom is 0.229 e. The van der Waals surface area contributed by atoms with Crippen LogP contribution < -0.4 is 0 Å². The molecule has 1 rings (SSSR count). The Morgan fingerprint density at radius 1 is 1.38 bits per heavy atom. The number of carbonyl (C=O) groups is 3. The van der Waals surface area contributed by atoms with Crippen molar-refractivity contribution in [1.29, 1.82) is 0 Å². The fourth-order valence-electron chi connectivity index (χ4n) is 1.78. The second-order valence-corrected chi connectivity index (χ2v) is 4.84. The molecule has 1 aliphatic heterocycles. The second kappa shape index (κ2) is 7.03. The van der Waals surface area contributed by atoms with Gasteiger partial charge in [-0.2, -0.15) is 22.4 Å². The molecular weight excluding hydrogens is 320 g/mol. The number of amides is 2. The van der Waals surface area contributed by atoms with Crippen molar-refractivity contribution in [3.05, 3.63) is 0 Å². The van der Waals surface area contributed by atoms with Crippen LogP contribution in [0.25, 0.3) is 0 Å². The van der Waals surface area contributed by atoms with Crippen LogP contribution in [0, 0.1) is 0 Å². The highest BCUT2D eigenvalue weighted by atomic mass is 127. The molecule has 4 nitrogen and oxygen atoms in total. The summed E-state index contributed by atoms with van der Waals surface area (Å²) in [5.41, 5.74) is 0. The summed E-state index contributed by atoms with van der Waals surface area (Å²) in [5, 5.41) is 0.712. The third kappa shape index (κ3) is 3.57. The highest BCUT2D eigenvalue weighted by Crippen LogP contribution is 2.25. The Hall–Kier alpha value is -0.395. The SMILES string of the molecule is O=CCCCCCN1C(=O)CC(BI)C1=O. The molecule has 1 saturated heterocycles. The number of imide groups is 1. The summed E-state index contributed by atoms with van der Waals surface area (Å²) in [6, 6.07) is 0. The molecule has 1 fully saturated rings. The maximum absolute atomic E-state index is 11.7. The number of unbranched alkanes of at least 4 members (excludes halogenated alkanes) is 3. The fraction of sp³-hybridized carbons (Fsp3) is 0.700. The van der Waals surface area contributed by atoms with E-state index < -0.39 is 0 Å². The van der Waals surface area contributed by atoms with Gasteiger partial charge in [-0.15, -0.1) is 0 Å².